The van der Waals surface area contributed by atoms with Gasteiger partial charge in [0, 0.05) is 10.9 Å². The number of anilines is 1. The molecule has 1 aromatic carbocycles. The summed E-state index contributed by atoms with van der Waals surface area (Å²) in [5.41, 5.74) is -4.38. The molecule has 0 spiro atoms. The summed E-state index contributed by atoms with van der Waals surface area (Å²) >= 11 is 0.765. The maximum absolute atomic E-state index is 12.2. The Hall–Kier alpha value is -1.81. The maximum Gasteiger partial charge on any atom is 0.516 e. The second-order valence-corrected chi connectivity index (χ2v) is 6.35. The van der Waals surface area contributed by atoms with E-state index in [4.69, 9.17) is 4.74 Å². The van der Waals surface area contributed by atoms with Gasteiger partial charge in [-0.1, -0.05) is 0 Å². The number of alkyl halides is 3. The minimum atomic E-state index is -5.45. The van der Waals surface area contributed by atoms with Crippen LogP contribution >= 0.6 is 11.3 Å². The van der Waals surface area contributed by atoms with Crippen molar-refractivity contribution >= 4 is 26.5 Å². The van der Waals surface area contributed by atoms with Crippen molar-refractivity contribution in [3.63, 3.8) is 0 Å². The van der Waals surface area contributed by atoms with Crippen LogP contribution in [0.1, 0.15) is 0 Å². The normalized spacial score (nSPS) is 12.2. The van der Waals surface area contributed by atoms with Gasteiger partial charge in [-0.3, -0.25) is 4.72 Å². The second kappa shape index (κ2) is 5.53. The molecule has 0 aliphatic rings. The van der Waals surface area contributed by atoms with Crippen LogP contribution in [0.15, 0.2) is 29.6 Å². The summed E-state index contributed by atoms with van der Waals surface area (Å²) < 4.78 is 65.0. The van der Waals surface area contributed by atoms with E-state index in [1.54, 1.807) is 24.3 Å². The summed E-state index contributed by atoms with van der Waals surface area (Å²) in [6.07, 6.45) is 0. The van der Waals surface area contributed by atoms with E-state index < -0.39 is 15.5 Å². The molecule has 0 saturated carbocycles. The number of ether oxygens (including phenoxy) is 1. The van der Waals surface area contributed by atoms with Gasteiger partial charge in [0.15, 0.2) is 5.13 Å². The zero-order valence-corrected chi connectivity index (χ0v) is 12.1. The molecule has 5 nitrogen and oxygen atoms in total. The quantitative estimate of drug-likeness (QED) is 0.930. The number of hydrogen-bond acceptors (Lipinski definition) is 5. The summed E-state index contributed by atoms with van der Waals surface area (Å²) in [6, 6.07) is 6.65. The molecular weight excluding hydrogens is 329 g/mol. The molecule has 0 unspecified atom stereocenters. The number of methoxy groups -OCH3 is 1. The molecule has 0 aliphatic heterocycles. The van der Waals surface area contributed by atoms with Crippen molar-refractivity contribution in [2.45, 2.75) is 5.51 Å². The van der Waals surface area contributed by atoms with Gasteiger partial charge in [-0.2, -0.15) is 21.6 Å². The van der Waals surface area contributed by atoms with E-state index in [1.807, 2.05) is 0 Å². The van der Waals surface area contributed by atoms with Crippen LogP contribution < -0.4 is 9.46 Å². The Labute approximate surface area is 122 Å². The topological polar surface area (TPSA) is 68.3 Å². The monoisotopic (exact) mass is 338 g/mol. The molecule has 0 amide bonds. The molecular formula is C11H9F3N2O3S2. The van der Waals surface area contributed by atoms with E-state index >= 15 is 0 Å². The second-order valence-electron chi connectivity index (χ2n) is 3.82. The smallest absolute Gasteiger partial charge is 0.497 e. The SMILES string of the molecule is COc1ccc(-c2csc(NS(=O)(=O)C(F)(F)F)n2)cc1. The van der Waals surface area contributed by atoms with Gasteiger partial charge in [0.25, 0.3) is 0 Å². The number of halogens is 3. The molecule has 1 aromatic heterocycles. The summed E-state index contributed by atoms with van der Waals surface area (Å²) in [5.74, 6) is 0.618. The van der Waals surface area contributed by atoms with Crippen molar-refractivity contribution in [1.82, 2.24) is 4.98 Å². The van der Waals surface area contributed by atoms with E-state index in [9.17, 15) is 21.6 Å². The number of sulfonamides is 1. The Bertz CT molecular complexity index is 724. The van der Waals surface area contributed by atoms with Crippen LogP contribution in [0.25, 0.3) is 11.3 Å². The number of benzene rings is 1. The molecule has 1 heterocycles. The predicted molar refractivity (Wildman–Crippen MR) is 72.7 cm³/mol. The number of nitrogens with one attached hydrogen (secondary N) is 1. The van der Waals surface area contributed by atoms with E-state index in [0.717, 1.165) is 11.3 Å². The molecule has 10 heteroatoms. The molecule has 0 atom stereocenters. The van der Waals surface area contributed by atoms with Crippen LogP contribution in [0.3, 0.4) is 0 Å². The lowest BCUT2D eigenvalue weighted by atomic mass is 10.2. The average molecular weight is 338 g/mol. The first kappa shape index (κ1) is 15.6. The molecule has 0 saturated heterocycles. The van der Waals surface area contributed by atoms with Gasteiger partial charge in [-0.15, -0.1) is 11.3 Å². The third-order valence-electron chi connectivity index (χ3n) is 2.42. The van der Waals surface area contributed by atoms with Crippen molar-refractivity contribution in [2.75, 3.05) is 11.8 Å². The molecule has 0 fully saturated rings. The number of nitrogens with zero attached hydrogens (tertiary/aromatic N) is 1. The molecule has 2 aromatic rings. The predicted octanol–water partition coefficient (Wildman–Crippen LogP) is 3.08. The van der Waals surface area contributed by atoms with E-state index in [-0.39, 0.29) is 5.13 Å². The van der Waals surface area contributed by atoms with Crippen molar-refractivity contribution < 1.29 is 26.3 Å². The zero-order chi connectivity index (χ0) is 15.7. The number of thiazole rings is 1. The Morgan fingerprint density at radius 1 is 1.24 bits per heavy atom. The largest absolute Gasteiger partial charge is 0.516 e. The van der Waals surface area contributed by atoms with Gasteiger partial charge in [-0.05, 0) is 24.3 Å². The van der Waals surface area contributed by atoms with Crippen LogP contribution in [-0.2, 0) is 10.0 Å². The van der Waals surface area contributed by atoms with Gasteiger partial charge in [0.2, 0.25) is 0 Å². The summed E-state index contributed by atoms with van der Waals surface area (Å²) in [7, 11) is -3.95. The Balaban J connectivity index is 2.22. The van der Waals surface area contributed by atoms with Gasteiger partial charge in [-0.25, -0.2) is 4.98 Å². The van der Waals surface area contributed by atoms with Gasteiger partial charge in [0.05, 0.1) is 12.8 Å². The summed E-state index contributed by atoms with van der Waals surface area (Å²) in [6.45, 7) is 0. The van der Waals surface area contributed by atoms with Gasteiger partial charge < -0.3 is 4.74 Å². The van der Waals surface area contributed by atoms with E-state index in [1.165, 1.54) is 17.2 Å². The Morgan fingerprint density at radius 2 is 1.86 bits per heavy atom. The lowest BCUT2D eigenvalue weighted by Gasteiger charge is -2.07. The molecule has 114 valence electrons. The standard InChI is InChI=1S/C11H9F3N2O3S2/c1-19-8-4-2-7(3-5-8)9-6-20-10(15-9)16-21(17,18)11(12,13)14/h2-6H,1H3,(H,15,16). The zero-order valence-electron chi connectivity index (χ0n) is 10.5. The van der Waals surface area contributed by atoms with Crippen LogP contribution in [0.5, 0.6) is 5.75 Å². The van der Waals surface area contributed by atoms with Crippen LogP contribution in [0, 0.1) is 0 Å². The first-order chi connectivity index (χ1) is 9.73. The highest BCUT2D eigenvalue weighted by Crippen LogP contribution is 2.30. The highest BCUT2D eigenvalue weighted by Gasteiger charge is 2.46. The molecule has 0 bridgehead atoms. The average Bonchev–Trinajstić information content (AvgIpc) is 2.85. The van der Waals surface area contributed by atoms with Gasteiger partial charge >= 0.3 is 15.5 Å². The molecule has 1 N–H and O–H groups in total. The maximum atomic E-state index is 12.2. The Morgan fingerprint density at radius 3 is 2.38 bits per heavy atom. The first-order valence-corrected chi connectivity index (χ1v) is 7.78. The minimum Gasteiger partial charge on any atom is -0.497 e. The van der Waals surface area contributed by atoms with Crippen molar-refractivity contribution in [3.8, 4) is 17.0 Å². The number of aromatic nitrogens is 1. The van der Waals surface area contributed by atoms with E-state index in [2.05, 4.69) is 4.98 Å². The third kappa shape index (κ3) is 3.45. The number of hydrogen-bond donors (Lipinski definition) is 1. The number of rotatable bonds is 4. The van der Waals surface area contributed by atoms with Crippen molar-refractivity contribution in [1.29, 1.82) is 0 Å². The fourth-order valence-corrected chi connectivity index (χ4v) is 2.86. The fourth-order valence-electron chi connectivity index (χ4n) is 1.39. The summed E-state index contributed by atoms with van der Waals surface area (Å²) in [4.78, 5) is 3.82. The molecule has 21 heavy (non-hydrogen) atoms. The lowest BCUT2D eigenvalue weighted by Crippen LogP contribution is -2.29. The molecule has 0 aliphatic carbocycles. The fraction of sp³-hybridized carbons (Fsp3) is 0.182. The Kier molecular flexibility index (Phi) is 4.10. The summed E-state index contributed by atoms with van der Waals surface area (Å²) in [5, 5.41) is 1.11. The van der Waals surface area contributed by atoms with Crippen LogP contribution in [-0.4, -0.2) is 26.0 Å². The van der Waals surface area contributed by atoms with Crippen LogP contribution in [0.4, 0.5) is 18.3 Å². The molecule has 2 rings (SSSR count). The lowest BCUT2D eigenvalue weighted by molar-refractivity contribution is -0.0429. The third-order valence-corrected chi connectivity index (χ3v) is 4.37. The minimum absolute atomic E-state index is 0.349. The highest BCUT2D eigenvalue weighted by atomic mass is 32.2. The van der Waals surface area contributed by atoms with Crippen molar-refractivity contribution in [2.24, 2.45) is 0 Å². The van der Waals surface area contributed by atoms with Crippen LogP contribution in [0.2, 0.25) is 0 Å². The molecule has 0 radical (unpaired) electrons. The van der Waals surface area contributed by atoms with Gasteiger partial charge in [0.1, 0.15) is 5.75 Å². The first-order valence-electron chi connectivity index (χ1n) is 5.42. The van der Waals surface area contributed by atoms with E-state index in [0.29, 0.717) is 17.0 Å². The highest BCUT2D eigenvalue weighted by molar-refractivity contribution is 7.93. The van der Waals surface area contributed by atoms with Crippen molar-refractivity contribution in [3.05, 3.63) is 29.6 Å².